The Balaban J connectivity index is 1.44. The maximum Gasteiger partial charge on any atom is -0.0184 e. The summed E-state index contributed by atoms with van der Waals surface area (Å²) in [4.78, 5) is 0. The monoisotopic (exact) mass is 358 g/mol. The van der Waals surface area contributed by atoms with E-state index in [1.807, 2.05) is 12.1 Å². The zero-order valence-electron chi connectivity index (χ0n) is 15.7. The number of hydrogen-bond donors (Lipinski definition) is 0. The van der Waals surface area contributed by atoms with E-state index < -0.39 is 0 Å². The van der Waals surface area contributed by atoms with Crippen LogP contribution in [0.2, 0.25) is 0 Å². The van der Waals surface area contributed by atoms with Gasteiger partial charge in [0.05, 0.1) is 0 Å². The van der Waals surface area contributed by atoms with Crippen LogP contribution >= 0.6 is 0 Å². The van der Waals surface area contributed by atoms with Gasteiger partial charge in [-0.15, -0.1) is 0 Å². The second-order valence-electron chi connectivity index (χ2n) is 6.73. The Morgan fingerprint density at radius 2 is 0.571 bits per heavy atom. The molecule has 0 spiro atoms. The molecular formula is C28H22. The van der Waals surface area contributed by atoms with Gasteiger partial charge in [0.2, 0.25) is 0 Å². The molecule has 134 valence electrons. The molecule has 0 atom stereocenters. The molecule has 0 aliphatic carbocycles. The van der Waals surface area contributed by atoms with Crippen LogP contribution in [0.1, 0.15) is 22.3 Å². The van der Waals surface area contributed by atoms with Crippen LogP contribution in [-0.4, -0.2) is 0 Å². The van der Waals surface area contributed by atoms with Crippen LogP contribution in [0.4, 0.5) is 0 Å². The van der Waals surface area contributed by atoms with Crippen molar-refractivity contribution in [1.82, 2.24) is 0 Å². The molecule has 0 unspecified atom stereocenters. The molecule has 0 aliphatic heterocycles. The topological polar surface area (TPSA) is 0 Å². The smallest absolute Gasteiger partial charge is 0.0184 e. The third-order valence-corrected chi connectivity index (χ3v) is 4.69. The van der Waals surface area contributed by atoms with E-state index in [1.165, 1.54) is 33.4 Å². The maximum atomic E-state index is 2.18. The van der Waals surface area contributed by atoms with E-state index in [9.17, 15) is 0 Å². The van der Waals surface area contributed by atoms with E-state index in [2.05, 4.69) is 121 Å². The van der Waals surface area contributed by atoms with Gasteiger partial charge in [-0.05, 0) is 33.4 Å². The second kappa shape index (κ2) is 8.83. The van der Waals surface area contributed by atoms with Gasteiger partial charge in [-0.25, -0.2) is 0 Å². The van der Waals surface area contributed by atoms with Gasteiger partial charge in [0.1, 0.15) is 0 Å². The molecule has 0 aromatic heterocycles. The lowest BCUT2D eigenvalue weighted by Crippen LogP contribution is -1.80. The molecule has 0 N–H and O–H groups in total. The largest absolute Gasteiger partial charge is 0.0622 e. The van der Waals surface area contributed by atoms with Crippen molar-refractivity contribution in [3.05, 3.63) is 131 Å². The highest BCUT2D eigenvalue weighted by molar-refractivity contribution is 5.74. The van der Waals surface area contributed by atoms with Crippen LogP contribution in [0, 0.1) is 0 Å². The molecule has 0 nitrogen and oxygen atoms in total. The van der Waals surface area contributed by atoms with E-state index in [-0.39, 0.29) is 0 Å². The predicted molar refractivity (Wildman–Crippen MR) is 123 cm³/mol. The van der Waals surface area contributed by atoms with Gasteiger partial charge >= 0.3 is 0 Å². The van der Waals surface area contributed by atoms with Crippen molar-refractivity contribution >= 4 is 24.3 Å². The Hall–Kier alpha value is -3.64. The van der Waals surface area contributed by atoms with Crippen LogP contribution in [0.25, 0.3) is 35.4 Å². The standard InChI is InChI=1S/C28H22/c1-3-7-23(8-4-1)11-13-25-15-19-27(20-16-25)28-21-17-26(18-22-28)14-12-24-9-5-2-6-10-24/h1-22H/b13-11+,14-12+. The highest BCUT2D eigenvalue weighted by Gasteiger charge is 1.98. The fourth-order valence-electron chi connectivity index (χ4n) is 3.09. The summed E-state index contributed by atoms with van der Waals surface area (Å²) in [6.45, 7) is 0. The van der Waals surface area contributed by atoms with Crippen molar-refractivity contribution in [1.29, 1.82) is 0 Å². The second-order valence-corrected chi connectivity index (χ2v) is 6.73. The molecule has 0 saturated carbocycles. The normalized spacial score (nSPS) is 11.3. The van der Waals surface area contributed by atoms with Gasteiger partial charge in [0.25, 0.3) is 0 Å². The predicted octanol–water partition coefficient (Wildman–Crippen LogP) is 7.69. The molecule has 0 bridgehead atoms. The summed E-state index contributed by atoms with van der Waals surface area (Å²) in [6, 6.07) is 38.1. The van der Waals surface area contributed by atoms with E-state index in [4.69, 9.17) is 0 Å². The molecular weight excluding hydrogens is 336 g/mol. The van der Waals surface area contributed by atoms with E-state index in [0.717, 1.165) is 0 Å². The zero-order valence-corrected chi connectivity index (χ0v) is 15.7. The lowest BCUT2D eigenvalue weighted by molar-refractivity contribution is 1.58. The highest BCUT2D eigenvalue weighted by atomic mass is 14.0. The van der Waals surface area contributed by atoms with E-state index in [0.29, 0.717) is 0 Å². The number of rotatable bonds is 5. The fraction of sp³-hybridized carbons (Fsp3) is 0. The van der Waals surface area contributed by atoms with Gasteiger partial charge < -0.3 is 0 Å². The Bertz CT molecular complexity index is 961. The summed E-state index contributed by atoms with van der Waals surface area (Å²) in [7, 11) is 0. The Morgan fingerprint density at radius 1 is 0.286 bits per heavy atom. The molecule has 28 heavy (non-hydrogen) atoms. The molecule has 0 aliphatic rings. The molecule has 0 fully saturated rings. The van der Waals surface area contributed by atoms with E-state index in [1.54, 1.807) is 0 Å². The molecule has 0 heterocycles. The molecule has 0 radical (unpaired) electrons. The summed E-state index contributed by atoms with van der Waals surface area (Å²) in [5, 5.41) is 0. The number of benzene rings is 4. The molecule has 0 heteroatoms. The first-order chi connectivity index (χ1) is 13.9. The summed E-state index contributed by atoms with van der Waals surface area (Å²) in [6.07, 6.45) is 8.58. The van der Waals surface area contributed by atoms with Crippen LogP contribution in [-0.2, 0) is 0 Å². The fourth-order valence-corrected chi connectivity index (χ4v) is 3.09. The molecule has 4 aromatic carbocycles. The van der Waals surface area contributed by atoms with Crippen LogP contribution < -0.4 is 0 Å². The van der Waals surface area contributed by atoms with Gasteiger partial charge in [0.15, 0.2) is 0 Å². The summed E-state index contributed by atoms with van der Waals surface area (Å²) in [5.74, 6) is 0. The lowest BCUT2D eigenvalue weighted by atomic mass is 10.0. The van der Waals surface area contributed by atoms with Crippen LogP contribution in [0.5, 0.6) is 0 Å². The Kier molecular flexibility index (Phi) is 5.60. The molecule has 4 rings (SSSR count). The average molecular weight is 358 g/mol. The first kappa shape index (κ1) is 17.8. The van der Waals surface area contributed by atoms with Gasteiger partial charge in [-0.1, -0.05) is 133 Å². The SMILES string of the molecule is C(=C\c1ccc(-c2ccc(/C=C/c3ccccc3)cc2)cc1)/c1ccccc1. The summed E-state index contributed by atoms with van der Waals surface area (Å²) in [5.41, 5.74) is 7.30. The van der Waals surface area contributed by atoms with Crippen LogP contribution in [0.3, 0.4) is 0 Å². The highest BCUT2D eigenvalue weighted by Crippen LogP contribution is 2.22. The van der Waals surface area contributed by atoms with Crippen molar-refractivity contribution in [2.75, 3.05) is 0 Å². The number of hydrogen-bond acceptors (Lipinski definition) is 0. The maximum absolute atomic E-state index is 2.18. The van der Waals surface area contributed by atoms with Crippen LogP contribution in [0.15, 0.2) is 109 Å². The third-order valence-electron chi connectivity index (χ3n) is 4.69. The van der Waals surface area contributed by atoms with Gasteiger partial charge in [0, 0.05) is 0 Å². The lowest BCUT2D eigenvalue weighted by Gasteiger charge is -2.03. The Labute approximate surface area is 167 Å². The van der Waals surface area contributed by atoms with Gasteiger partial charge in [-0.3, -0.25) is 0 Å². The van der Waals surface area contributed by atoms with Gasteiger partial charge in [-0.2, -0.15) is 0 Å². The average Bonchev–Trinajstić information content (AvgIpc) is 2.78. The minimum atomic E-state index is 1.20. The minimum absolute atomic E-state index is 1.20. The van der Waals surface area contributed by atoms with E-state index >= 15 is 0 Å². The van der Waals surface area contributed by atoms with Crippen molar-refractivity contribution < 1.29 is 0 Å². The van der Waals surface area contributed by atoms with Crippen molar-refractivity contribution in [2.24, 2.45) is 0 Å². The van der Waals surface area contributed by atoms with Crippen molar-refractivity contribution in [3.8, 4) is 11.1 Å². The molecule has 0 saturated heterocycles. The zero-order chi connectivity index (χ0) is 19.0. The molecule has 0 amide bonds. The quantitative estimate of drug-likeness (QED) is 0.321. The van der Waals surface area contributed by atoms with Crippen molar-refractivity contribution in [3.63, 3.8) is 0 Å². The Morgan fingerprint density at radius 3 is 0.893 bits per heavy atom. The third kappa shape index (κ3) is 4.75. The summed E-state index contributed by atoms with van der Waals surface area (Å²) >= 11 is 0. The molecule has 4 aromatic rings. The minimum Gasteiger partial charge on any atom is -0.0622 e. The summed E-state index contributed by atoms with van der Waals surface area (Å²) < 4.78 is 0. The van der Waals surface area contributed by atoms with Crippen molar-refractivity contribution in [2.45, 2.75) is 0 Å². The first-order valence-corrected chi connectivity index (χ1v) is 9.54. The first-order valence-electron chi connectivity index (χ1n) is 9.54.